The molecule has 0 spiro atoms. The number of hydrogen-bond donors (Lipinski definition) is 0. The molecule has 41 heavy (non-hydrogen) atoms. The van der Waals surface area contributed by atoms with Crippen molar-refractivity contribution in [2.45, 2.75) is 98.3 Å². The van der Waals surface area contributed by atoms with E-state index in [9.17, 15) is 0 Å². The average Bonchev–Trinajstić information content (AvgIpc) is 3.54. The van der Waals surface area contributed by atoms with Gasteiger partial charge in [0, 0.05) is 0 Å². The molecule has 0 radical (unpaired) electrons. The fourth-order valence-corrected chi connectivity index (χ4v) is 5.72. The first-order valence-electron chi connectivity index (χ1n) is 14.1. The molecular weight excluding hydrogens is 619 g/mol. The number of benzene rings is 3. The summed E-state index contributed by atoms with van der Waals surface area (Å²) in [7, 11) is 0. The van der Waals surface area contributed by atoms with Gasteiger partial charge in [0.15, 0.2) is 0 Å². The molecule has 0 heterocycles. The molecule has 3 heteroatoms. The Morgan fingerprint density at radius 1 is 0.780 bits per heavy atom. The van der Waals surface area contributed by atoms with Gasteiger partial charge in [-0.1, -0.05) is 71.6 Å². The first kappa shape index (κ1) is 37.5. The largest absolute Gasteiger partial charge is 0.273 e. The topological polar surface area (TPSA) is 0 Å². The van der Waals surface area contributed by atoms with Gasteiger partial charge >= 0.3 is 83.1 Å². The maximum Gasteiger partial charge on any atom is -0.0129 e. The quantitative estimate of drug-likeness (QED) is 0.187. The molecule has 0 bridgehead atoms. The Balaban J connectivity index is 0.000000388. The van der Waals surface area contributed by atoms with Gasteiger partial charge in [0.05, 0.1) is 0 Å². The Morgan fingerprint density at radius 2 is 1.37 bits per heavy atom. The Morgan fingerprint density at radius 3 is 1.83 bits per heavy atom. The Kier molecular flexibility index (Phi) is 14.0. The van der Waals surface area contributed by atoms with Gasteiger partial charge < -0.3 is 0 Å². The number of rotatable bonds is 2. The molecule has 5 rings (SSSR count). The number of halogens is 2. The minimum atomic E-state index is 0. The third kappa shape index (κ3) is 9.74. The zero-order valence-corrected chi connectivity index (χ0v) is 30.7. The van der Waals surface area contributed by atoms with Crippen molar-refractivity contribution in [2.75, 3.05) is 0 Å². The number of fused-ring (bicyclic) bond motifs is 3. The van der Waals surface area contributed by atoms with Crippen LogP contribution in [0.4, 0.5) is 0 Å². The standard InChI is InChI=1S/C23H29.C10H12.C5H5.2ClH.Zr/c1-14-9-16-11-17-10-15(2)21(23(6,7)8)13-19(17)18(16)12-20(14)22(3,4)5;1-10(2,3)9-7-5-4-6-8-9;1-2-4-5-3-1;;;/h9,12-13H,11H2,1-8H3;1,4-8H,2-3H3;1-3H,4H2;2*1H;/q-1;;-1;;;+2. The van der Waals surface area contributed by atoms with Crippen molar-refractivity contribution in [3.05, 3.63) is 118 Å². The predicted octanol–water partition coefficient (Wildman–Crippen LogP) is 10.7. The van der Waals surface area contributed by atoms with Crippen LogP contribution in [0.1, 0.15) is 101 Å². The average molecular weight is 667 g/mol. The fourth-order valence-electron chi connectivity index (χ4n) is 5.31. The predicted molar refractivity (Wildman–Crippen MR) is 182 cm³/mol. The molecule has 0 atom stereocenters. The summed E-state index contributed by atoms with van der Waals surface area (Å²) in [5.41, 5.74) is 13.3. The second kappa shape index (κ2) is 15.3. The molecule has 2 aliphatic rings. The third-order valence-corrected chi connectivity index (χ3v) is 9.32. The van der Waals surface area contributed by atoms with E-state index in [-0.39, 0.29) is 41.1 Å². The Hall–Kier alpha value is -1.53. The molecule has 2 aliphatic carbocycles. The fraction of sp³-hybridized carbons (Fsp3) is 0.395. The van der Waals surface area contributed by atoms with Crippen molar-refractivity contribution in [3.8, 4) is 11.1 Å². The van der Waals surface area contributed by atoms with E-state index in [2.05, 4.69) is 140 Å². The van der Waals surface area contributed by atoms with E-state index in [4.69, 9.17) is 0 Å². The van der Waals surface area contributed by atoms with E-state index < -0.39 is 0 Å². The van der Waals surface area contributed by atoms with Crippen molar-refractivity contribution in [1.82, 2.24) is 0 Å². The van der Waals surface area contributed by atoms with Gasteiger partial charge in [0.2, 0.25) is 0 Å². The van der Waals surface area contributed by atoms with Crippen molar-refractivity contribution in [3.63, 3.8) is 0 Å². The summed E-state index contributed by atoms with van der Waals surface area (Å²) in [5.74, 6) is 0. The molecule has 0 unspecified atom stereocenters. The van der Waals surface area contributed by atoms with Crippen molar-refractivity contribution in [1.29, 1.82) is 0 Å². The van der Waals surface area contributed by atoms with Crippen molar-refractivity contribution < 1.29 is 24.2 Å². The molecule has 0 N–H and O–H groups in total. The summed E-state index contributed by atoms with van der Waals surface area (Å²) in [4.78, 5) is 0. The van der Waals surface area contributed by atoms with Crippen molar-refractivity contribution >= 4 is 28.5 Å². The van der Waals surface area contributed by atoms with Gasteiger partial charge in [-0.05, 0) is 35.4 Å². The van der Waals surface area contributed by atoms with E-state index in [1.54, 1.807) is 0 Å². The number of allylic oxidation sites excluding steroid dienone is 4. The van der Waals surface area contributed by atoms with Gasteiger partial charge in [-0.3, -0.25) is 6.08 Å². The maximum atomic E-state index is 3.69. The zero-order chi connectivity index (χ0) is 29.0. The first-order valence-corrected chi connectivity index (χ1v) is 15.6. The Bertz CT molecular complexity index is 1290. The summed E-state index contributed by atoms with van der Waals surface area (Å²) >= 11 is 1.49. The van der Waals surface area contributed by atoms with E-state index in [0.717, 1.165) is 12.8 Å². The van der Waals surface area contributed by atoms with Crippen LogP contribution in [0.3, 0.4) is 0 Å². The molecule has 0 nitrogen and oxygen atoms in total. The molecule has 0 saturated carbocycles. The van der Waals surface area contributed by atoms with Gasteiger partial charge in [0.25, 0.3) is 0 Å². The second-order valence-corrected chi connectivity index (χ2v) is 14.1. The molecular formula is C38H48Cl2Zr. The van der Waals surface area contributed by atoms with Crippen LogP contribution in [0.5, 0.6) is 0 Å². The minimum Gasteiger partial charge on any atom is -0.273 e. The normalized spacial score (nSPS) is 13.0. The number of hydrogen-bond acceptors (Lipinski definition) is 0. The molecule has 218 valence electrons. The smallest absolute Gasteiger partial charge is 0.0129 e. The van der Waals surface area contributed by atoms with Crippen LogP contribution in [0.2, 0.25) is 0 Å². The van der Waals surface area contributed by atoms with Crippen LogP contribution in [0.25, 0.3) is 11.1 Å². The molecule has 3 aromatic rings. The zero-order valence-electron chi connectivity index (χ0n) is 26.7. The van der Waals surface area contributed by atoms with Crippen LogP contribution in [0.15, 0.2) is 66.8 Å². The van der Waals surface area contributed by atoms with Crippen molar-refractivity contribution in [2.24, 2.45) is 0 Å². The summed E-state index contributed by atoms with van der Waals surface area (Å²) in [5, 5.41) is 0. The van der Waals surface area contributed by atoms with Gasteiger partial charge in [-0.25, -0.2) is 12.2 Å². The van der Waals surface area contributed by atoms with Crippen LogP contribution in [0, 0.1) is 26.0 Å². The summed E-state index contributed by atoms with van der Waals surface area (Å²) < 4.78 is 2.31. The summed E-state index contributed by atoms with van der Waals surface area (Å²) in [6.45, 7) is 22.7. The molecule has 0 amide bonds. The van der Waals surface area contributed by atoms with E-state index >= 15 is 0 Å². The third-order valence-electron chi connectivity index (χ3n) is 7.54. The molecule has 0 aliphatic heterocycles. The van der Waals surface area contributed by atoms with Crippen LogP contribution >= 0.6 is 24.8 Å². The van der Waals surface area contributed by atoms with Gasteiger partial charge in [0.1, 0.15) is 0 Å². The van der Waals surface area contributed by atoms with Gasteiger partial charge in [-0.2, -0.15) is 23.8 Å². The number of aryl methyl sites for hydroxylation is 2. The van der Waals surface area contributed by atoms with Crippen LogP contribution in [-0.2, 0) is 46.9 Å². The molecule has 3 aromatic carbocycles. The molecule has 0 aromatic heterocycles. The molecule has 0 fully saturated rings. The first-order chi connectivity index (χ1) is 18.1. The van der Waals surface area contributed by atoms with Crippen LogP contribution < -0.4 is 0 Å². The maximum absolute atomic E-state index is 3.69. The van der Waals surface area contributed by atoms with E-state index in [1.807, 2.05) is 12.2 Å². The summed E-state index contributed by atoms with van der Waals surface area (Å²) in [6.07, 6.45) is 11.0. The van der Waals surface area contributed by atoms with Gasteiger partial charge in [-0.15, -0.1) is 47.9 Å². The van der Waals surface area contributed by atoms with E-state index in [0.29, 0.717) is 0 Å². The molecule has 0 saturated heterocycles. The minimum absolute atomic E-state index is 0. The second-order valence-electron chi connectivity index (χ2n) is 13.4. The SMILES string of the molecule is CC(C)([CH]=[Zr+2])c1ccccc1.Cc1[c-]c2c(cc1C(C)(C)C)-c1cc(C(C)(C)C)c(C)cc1C2.Cl.Cl.[C-]1=CC=CC1. The monoisotopic (exact) mass is 664 g/mol. The summed E-state index contributed by atoms with van der Waals surface area (Å²) in [6, 6.07) is 21.6. The van der Waals surface area contributed by atoms with E-state index in [1.165, 1.54) is 74.3 Å². The Labute approximate surface area is 278 Å². The van der Waals surface area contributed by atoms with Crippen LogP contribution in [-0.4, -0.2) is 3.71 Å².